The number of carboxylic acids is 1. The predicted molar refractivity (Wildman–Crippen MR) is 142 cm³/mol. The maximum Gasteiger partial charge on any atom is 0.328 e. The van der Waals surface area contributed by atoms with Gasteiger partial charge in [-0.2, -0.15) is 5.26 Å². The van der Waals surface area contributed by atoms with Crippen LogP contribution in [0.25, 0.3) is 27.4 Å². The zero-order chi connectivity index (χ0) is 24.4. The van der Waals surface area contributed by atoms with E-state index in [4.69, 9.17) is 16.7 Å². The summed E-state index contributed by atoms with van der Waals surface area (Å²) in [5.41, 5.74) is 9.32. The van der Waals surface area contributed by atoms with Gasteiger partial charge in [0.1, 0.15) is 0 Å². The molecule has 0 radical (unpaired) electrons. The molecule has 172 valence electrons. The van der Waals surface area contributed by atoms with Gasteiger partial charge in [-0.05, 0) is 82.5 Å². The van der Waals surface area contributed by atoms with Crippen LogP contribution in [0.3, 0.4) is 0 Å². The van der Waals surface area contributed by atoms with E-state index >= 15 is 0 Å². The van der Waals surface area contributed by atoms with Crippen LogP contribution in [0.4, 0.5) is 0 Å². The Kier molecular flexibility index (Phi) is 6.50. The molecule has 4 nitrogen and oxygen atoms in total. The molecule has 4 aromatic rings. The van der Waals surface area contributed by atoms with Gasteiger partial charge in [-0.25, -0.2) is 9.78 Å². The number of allylic oxidation sites excluding steroid dienone is 1. The number of aliphatic carboxylic acids is 1. The lowest BCUT2D eigenvalue weighted by molar-refractivity contribution is -0.131. The SMILES string of the molecule is N#Cc1cc(Cl)ccc1/C(=C(\c1ccc(/C=C/C(=O)O)cc1)c1ccc2scnc2c1)C1CCC1. The Balaban J connectivity index is 1.77. The Morgan fingerprint density at radius 3 is 2.54 bits per heavy atom. The summed E-state index contributed by atoms with van der Waals surface area (Å²) in [5, 5.41) is 19.4. The average molecular weight is 497 g/mol. The van der Waals surface area contributed by atoms with Crippen molar-refractivity contribution in [3.05, 3.63) is 105 Å². The monoisotopic (exact) mass is 496 g/mol. The van der Waals surface area contributed by atoms with E-state index in [0.29, 0.717) is 16.5 Å². The second kappa shape index (κ2) is 9.87. The topological polar surface area (TPSA) is 74.0 Å². The van der Waals surface area contributed by atoms with Crippen LogP contribution in [0, 0.1) is 17.2 Å². The van der Waals surface area contributed by atoms with Crippen LogP contribution in [0.1, 0.15) is 47.1 Å². The molecule has 1 fully saturated rings. The summed E-state index contributed by atoms with van der Waals surface area (Å²) < 4.78 is 1.12. The highest BCUT2D eigenvalue weighted by molar-refractivity contribution is 7.16. The first kappa shape index (κ1) is 23.0. The van der Waals surface area contributed by atoms with Crippen molar-refractivity contribution in [1.82, 2.24) is 4.98 Å². The van der Waals surface area contributed by atoms with Crippen molar-refractivity contribution in [3.63, 3.8) is 0 Å². The highest BCUT2D eigenvalue weighted by Crippen LogP contribution is 2.46. The van der Waals surface area contributed by atoms with Crippen LogP contribution in [-0.2, 0) is 4.79 Å². The first-order valence-corrected chi connectivity index (χ1v) is 12.6. The van der Waals surface area contributed by atoms with E-state index in [9.17, 15) is 10.1 Å². The fourth-order valence-electron chi connectivity index (χ4n) is 4.52. The molecule has 0 spiro atoms. The molecule has 0 atom stereocenters. The molecule has 1 N–H and O–H groups in total. The predicted octanol–water partition coefficient (Wildman–Crippen LogP) is 7.68. The van der Waals surface area contributed by atoms with Gasteiger partial charge in [0.25, 0.3) is 0 Å². The molecule has 1 heterocycles. The minimum atomic E-state index is -0.981. The highest BCUT2D eigenvalue weighted by Gasteiger charge is 2.29. The normalized spacial score (nSPS) is 14.5. The van der Waals surface area contributed by atoms with Crippen LogP contribution >= 0.6 is 22.9 Å². The molecule has 6 heteroatoms. The number of halogens is 1. The van der Waals surface area contributed by atoms with Crippen molar-refractivity contribution < 1.29 is 9.90 Å². The molecule has 35 heavy (non-hydrogen) atoms. The fraction of sp³-hybridized carbons (Fsp3) is 0.138. The molecular formula is C29H21ClN2O2S. The van der Waals surface area contributed by atoms with Crippen molar-refractivity contribution in [1.29, 1.82) is 5.26 Å². The second-order valence-electron chi connectivity index (χ2n) is 8.55. The Morgan fingerprint density at radius 2 is 1.86 bits per heavy atom. The number of hydrogen-bond donors (Lipinski definition) is 1. The Bertz CT molecular complexity index is 1520. The van der Waals surface area contributed by atoms with Crippen molar-refractivity contribution in [2.75, 3.05) is 0 Å². The lowest BCUT2D eigenvalue weighted by Gasteiger charge is -2.32. The van der Waals surface area contributed by atoms with Crippen LogP contribution in [0.5, 0.6) is 0 Å². The minimum Gasteiger partial charge on any atom is -0.478 e. The third-order valence-corrected chi connectivity index (χ3v) is 7.46. The van der Waals surface area contributed by atoms with E-state index < -0.39 is 5.97 Å². The number of thiazole rings is 1. The summed E-state index contributed by atoms with van der Waals surface area (Å²) in [6.07, 6.45) is 5.99. The maximum atomic E-state index is 10.9. The number of hydrogen-bond acceptors (Lipinski definition) is 4. The number of nitrogens with zero attached hydrogens (tertiary/aromatic N) is 2. The number of carbonyl (C=O) groups is 1. The molecule has 0 saturated heterocycles. The van der Waals surface area contributed by atoms with Crippen LogP contribution in [-0.4, -0.2) is 16.1 Å². The highest BCUT2D eigenvalue weighted by atomic mass is 35.5. The molecule has 0 bridgehead atoms. The van der Waals surface area contributed by atoms with Gasteiger partial charge < -0.3 is 5.11 Å². The molecule has 1 aliphatic carbocycles. The van der Waals surface area contributed by atoms with Crippen molar-refractivity contribution >= 4 is 56.3 Å². The van der Waals surface area contributed by atoms with E-state index in [2.05, 4.69) is 29.3 Å². The summed E-state index contributed by atoms with van der Waals surface area (Å²) in [5.74, 6) is -0.652. The lowest BCUT2D eigenvalue weighted by Crippen LogP contribution is -2.16. The molecule has 0 aliphatic heterocycles. The molecule has 3 aromatic carbocycles. The van der Waals surface area contributed by atoms with Crippen LogP contribution in [0.2, 0.25) is 5.02 Å². The average Bonchev–Trinajstić information content (AvgIpc) is 3.30. The fourth-order valence-corrected chi connectivity index (χ4v) is 5.35. The van der Waals surface area contributed by atoms with E-state index in [1.807, 2.05) is 41.9 Å². The van der Waals surface area contributed by atoms with Gasteiger partial charge in [0, 0.05) is 11.1 Å². The van der Waals surface area contributed by atoms with E-state index in [1.165, 1.54) is 0 Å². The number of nitriles is 1. The van der Waals surface area contributed by atoms with Gasteiger partial charge in [-0.1, -0.05) is 54.4 Å². The first-order valence-electron chi connectivity index (χ1n) is 11.3. The summed E-state index contributed by atoms with van der Waals surface area (Å²) in [6.45, 7) is 0. The molecule has 1 aliphatic rings. The van der Waals surface area contributed by atoms with Gasteiger partial charge in [0.05, 0.1) is 27.4 Å². The van der Waals surface area contributed by atoms with Crippen molar-refractivity contribution in [2.24, 2.45) is 5.92 Å². The third-order valence-electron chi connectivity index (χ3n) is 6.41. The van der Waals surface area contributed by atoms with E-state index in [0.717, 1.165) is 69.0 Å². The molecular weight excluding hydrogens is 476 g/mol. The van der Waals surface area contributed by atoms with E-state index in [1.54, 1.807) is 23.5 Å². The lowest BCUT2D eigenvalue weighted by atomic mass is 9.72. The maximum absolute atomic E-state index is 10.9. The largest absolute Gasteiger partial charge is 0.478 e. The van der Waals surface area contributed by atoms with Crippen LogP contribution < -0.4 is 0 Å². The van der Waals surface area contributed by atoms with Crippen LogP contribution in [0.15, 0.2) is 72.3 Å². The Hall–Kier alpha value is -3.72. The third kappa shape index (κ3) is 4.77. The van der Waals surface area contributed by atoms with Gasteiger partial charge in [-0.15, -0.1) is 11.3 Å². The first-order chi connectivity index (χ1) is 17.0. The van der Waals surface area contributed by atoms with Gasteiger partial charge >= 0.3 is 5.97 Å². The van der Waals surface area contributed by atoms with Crippen molar-refractivity contribution in [3.8, 4) is 6.07 Å². The van der Waals surface area contributed by atoms with Crippen molar-refractivity contribution in [2.45, 2.75) is 19.3 Å². The minimum absolute atomic E-state index is 0.330. The quantitative estimate of drug-likeness (QED) is 0.219. The standard InChI is InChI=1S/C29H21ClN2O2S/c30-23-10-11-24(22(14-23)16-31)29(19-2-1-3-19)28(21-9-12-26-25(15-21)32-17-35-26)20-7-4-18(5-8-20)6-13-27(33)34/h4-15,17,19H,1-3H2,(H,33,34)/b13-6+,29-28+. The summed E-state index contributed by atoms with van der Waals surface area (Å²) >= 11 is 7.85. The zero-order valence-corrected chi connectivity index (χ0v) is 20.3. The van der Waals surface area contributed by atoms with Gasteiger partial charge in [0.15, 0.2) is 0 Å². The smallest absolute Gasteiger partial charge is 0.328 e. The number of aromatic nitrogens is 1. The van der Waals surface area contributed by atoms with Gasteiger partial charge in [-0.3, -0.25) is 0 Å². The Morgan fingerprint density at radius 1 is 1.09 bits per heavy atom. The zero-order valence-electron chi connectivity index (χ0n) is 18.7. The summed E-state index contributed by atoms with van der Waals surface area (Å²) in [4.78, 5) is 15.5. The molecule has 5 rings (SSSR count). The molecule has 1 saturated carbocycles. The summed E-state index contributed by atoms with van der Waals surface area (Å²) in [7, 11) is 0. The number of benzene rings is 3. The van der Waals surface area contributed by atoms with E-state index in [-0.39, 0.29) is 0 Å². The van der Waals surface area contributed by atoms with Gasteiger partial charge in [0.2, 0.25) is 0 Å². The molecule has 1 aromatic heterocycles. The number of fused-ring (bicyclic) bond motifs is 1. The molecule has 0 unspecified atom stereocenters. The molecule has 0 amide bonds. The second-order valence-corrected chi connectivity index (χ2v) is 9.87. The summed E-state index contributed by atoms with van der Waals surface area (Å²) in [6, 6.07) is 22.1. The number of rotatable bonds is 6. The Labute approximate surface area is 212 Å². The number of carboxylic acid groups (broad SMARTS) is 1.